The van der Waals surface area contributed by atoms with Crippen LogP contribution in [-0.2, 0) is 60.7 Å². The van der Waals surface area contributed by atoms with E-state index in [0.29, 0.717) is 0 Å². The molecular weight excluding hydrogens is 1460 g/mol. The average molecular weight is 1490 g/mol. The monoisotopic (exact) mass is 1490 g/mol. The van der Waals surface area contributed by atoms with Crippen molar-refractivity contribution in [3.8, 4) is 11.5 Å². The number of phenolic OH excluding ortho intramolecular Hbond substituents is 2. The summed E-state index contributed by atoms with van der Waals surface area (Å²) in [6.45, 7) is 2.92. The van der Waals surface area contributed by atoms with Gasteiger partial charge in [0.25, 0.3) is 60.7 Å². The summed E-state index contributed by atoms with van der Waals surface area (Å²) in [6.07, 6.45) is 0. The third-order valence-corrected chi connectivity index (χ3v) is 14.8. The maximum absolute atomic E-state index is 11.7. The van der Waals surface area contributed by atoms with Gasteiger partial charge in [-0.25, -0.2) is 0 Å². The first kappa shape index (κ1) is 64.5. The number of hydrogen-bond acceptors (Lipinski definition) is 18. The molecule has 8 N–H and O–H groups in total. The minimum absolute atomic E-state index is 0. The molecule has 69 heavy (non-hydrogen) atoms. The van der Waals surface area contributed by atoms with Crippen molar-refractivity contribution < 1.29 is 88.0 Å². The van der Waals surface area contributed by atoms with Gasteiger partial charge in [-0.1, -0.05) is 35.3 Å². The number of aryl methyl sites for hydroxylation is 2. The van der Waals surface area contributed by atoms with E-state index in [1.807, 2.05) is 0 Å². The summed E-state index contributed by atoms with van der Waals surface area (Å²) < 4.78 is 195. The van der Waals surface area contributed by atoms with Crippen LogP contribution < -0.4 is 0 Å². The summed E-state index contributed by atoms with van der Waals surface area (Å²) in [6, 6.07) is 11.3. The van der Waals surface area contributed by atoms with Gasteiger partial charge >= 0.3 is 0 Å². The van der Waals surface area contributed by atoms with E-state index in [1.54, 1.807) is 0 Å². The number of hydrogen-bond donors (Lipinski definition) is 8. The fraction of sp³-hybridized carbons (Fsp3) is 0.0588. The number of aromatic hydroxyl groups is 2. The summed E-state index contributed by atoms with van der Waals surface area (Å²) in [5, 5.41) is 35.0. The van der Waals surface area contributed by atoms with E-state index in [0.717, 1.165) is 72.8 Å². The van der Waals surface area contributed by atoms with Gasteiger partial charge in [0.05, 0.1) is 9.79 Å². The summed E-state index contributed by atoms with van der Waals surface area (Å²) in [7, 11) is -29.0. The predicted molar refractivity (Wildman–Crippen MR) is 248 cm³/mol. The third-order valence-electron chi connectivity index (χ3n) is 8.75. The zero-order valence-electron chi connectivity index (χ0n) is 34.5. The normalized spacial score (nSPS) is 12.6. The number of benzene rings is 6. The van der Waals surface area contributed by atoms with Crippen molar-refractivity contribution in [1.29, 1.82) is 0 Å². The molecule has 0 heterocycles. The van der Waals surface area contributed by atoms with Crippen molar-refractivity contribution in [2.24, 2.45) is 20.5 Å². The Morgan fingerprint density at radius 3 is 0.942 bits per heavy atom. The third kappa shape index (κ3) is 15.7. The number of fused-ring (bicyclic) bond motifs is 2. The number of azo groups is 2. The Hall–Kier alpha value is -0.606. The standard InChI is InChI=1S/2C17H13ClN2O10S3.3Ba/c2*1-8-4-14(32(25,26)27)13(7-12(8)18)19-20-16-11-3-2-10(31(22,23)24)5-9(11)6-15(17(16)21)33(28,29)30;;;/h2*2-7,21H,1H3,(H,22,23,24)(H,25,26,27)(H,28,29,30);;;. The van der Waals surface area contributed by atoms with E-state index in [9.17, 15) is 88.0 Å². The van der Waals surface area contributed by atoms with Crippen molar-refractivity contribution in [2.75, 3.05) is 0 Å². The quantitative estimate of drug-likeness (QED) is 0.0431. The number of rotatable bonds is 10. The van der Waals surface area contributed by atoms with Gasteiger partial charge in [-0.2, -0.15) is 50.5 Å². The molecule has 0 aliphatic rings. The molecule has 0 atom stereocenters. The van der Waals surface area contributed by atoms with Crippen LogP contribution in [0.2, 0.25) is 10.0 Å². The molecule has 0 spiro atoms. The Morgan fingerprint density at radius 2 is 0.681 bits per heavy atom. The zero-order chi connectivity index (χ0) is 49.9. The SMILES string of the molecule is Cc1cc(S(=O)(=O)O)c(N=Nc2c(O)c(S(=O)(=O)O)cc3cc(S(=O)(=O)O)ccc23)cc1Cl.Cc1cc(S(=O)(=O)O)c(N=Nc2c(O)c(S(=O)(=O)O)cc3cc(S(=O)(=O)O)ccc23)cc1Cl.[Ba].[Ba].[Ba]. The molecule has 0 aliphatic heterocycles. The predicted octanol–water partition coefficient (Wildman–Crippen LogP) is 6.18. The second kappa shape index (κ2) is 23.9. The van der Waals surface area contributed by atoms with Gasteiger partial charge in [0, 0.05) is 167 Å². The first-order valence-electron chi connectivity index (χ1n) is 16.9. The van der Waals surface area contributed by atoms with Crippen molar-refractivity contribution in [3.05, 3.63) is 94.0 Å². The van der Waals surface area contributed by atoms with Crippen LogP contribution in [0.25, 0.3) is 21.5 Å². The molecule has 6 aromatic carbocycles. The van der Waals surface area contributed by atoms with Crippen LogP contribution in [-0.4, -0.2) is 235 Å². The molecule has 0 unspecified atom stereocenters. The van der Waals surface area contributed by atoms with Gasteiger partial charge in [-0.05, 0) is 96.4 Å². The molecule has 0 fully saturated rings. The molecule has 24 nitrogen and oxygen atoms in total. The fourth-order valence-electron chi connectivity index (χ4n) is 5.64. The minimum atomic E-state index is -5.04. The van der Waals surface area contributed by atoms with E-state index >= 15 is 0 Å². The van der Waals surface area contributed by atoms with Crippen LogP contribution in [0.15, 0.2) is 123 Å². The van der Waals surface area contributed by atoms with Gasteiger partial charge in [0.2, 0.25) is 0 Å². The van der Waals surface area contributed by atoms with Gasteiger partial charge in [-0.15, -0.1) is 20.5 Å². The van der Waals surface area contributed by atoms with Crippen LogP contribution >= 0.6 is 23.2 Å². The van der Waals surface area contributed by atoms with Crippen LogP contribution in [0.5, 0.6) is 11.5 Å². The topological polar surface area (TPSA) is 416 Å². The number of nitrogens with zero attached hydrogens (tertiary/aromatic N) is 4. The molecular formula is C34H26Ba3Cl2N4O20S6. The summed E-state index contributed by atoms with van der Waals surface area (Å²) in [5.74, 6) is -2.17. The van der Waals surface area contributed by atoms with Gasteiger partial charge in [-0.3, -0.25) is 27.3 Å². The molecule has 0 saturated carbocycles. The molecule has 0 aromatic heterocycles. The van der Waals surface area contributed by atoms with Crippen LogP contribution in [0.3, 0.4) is 0 Å². The van der Waals surface area contributed by atoms with E-state index < -0.39 is 124 Å². The minimum Gasteiger partial charge on any atom is -0.504 e. The van der Waals surface area contributed by atoms with Crippen LogP contribution in [0, 0.1) is 13.8 Å². The number of halogens is 2. The molecule has 35 heteroatoms. The number of phenols is 2. The fourth-order valence-corrected chi connectivity index (χ4v) is 9.60. The second-order valence-corrected chi connectivity index (χ2v) is 22.5. The smallest absolute Gasteiger partial charge is 0.298 e. The summed E-state index contributed by atoms with van der Waals surface area (Å²) in [4.78, 5) is -4.73. The summed E-state index contributed by atoms with van der Waals surface area (Å²) in [5.41, 5.74) is -1.56. The molecule has 0 aliphatic carbocycles. The van der Waals surface area contributed by atoms with Crippen molar-refractivity contribution >= 4 is 275 Å². The Labute approximate surface area is 522 Å². The van der Waals surface area contributed by atoms with Gasteiger partial charge in [0.1, 0.15) is 42.3 Å². The summed E-state index contributed by atoms with van der Waals surface area (Å²) >= 11 is 11.9. The first-order chi connectivity index (χ1) is 30.0. The maximum atomic E-state index is 11.7. The average Bonchev–Trinajstić information content (AvgIpc) is 3.16. The van der Waals surface area contributed by atoms with Crippen molar-refractivity contribution in [3.63, 3.8) is 0 Å². The molecule has 0 amide bonds. The van der Waals surface area contributed by atoms with E-state index in [1.165, 1.54) is 13.8 Å². The second-order valence-electron chi connectivity index (χ2n) is 13.3. The Morgan fingerprint density at radius 1 is 0.391 bits per heavy atom. The van der Waals surface area contributed by atoms with Gasteiger partial charge < -0.3 is 10.2 Å². The Balaban J connectivity index is 0.000000454. The zero-order valence-corrected chi connectivity index (χ0v) is 54.3. The van der Waals surface area contributed by atoms with Gasteiger partial charge in [0.15, 0.2) is 11.5 Å². The van der Waals surface area contributed by atoms with Crippen LogP contribution in [0.4, 0.5) is 22.7 Å². The molecule has 6 aromatic rings. The van der Waals surface area contributed by atoms with Crippen molar-refractivity contribution in [2.45, 2.75) is 43.2 Å². The Kier molecular flexibility index (Phi) is 22.4. The van der Waals surface area contributed by atoms with E-state index in [4.69, 9.17) is 23.2 Å². The molecule has 0 saturated heterocycles. The first-order valence-corrected chi connectivity index (χ1v) is 26.3. The van der Waals surface area contributed by atoms with E-state index in [2.05, 4.69) is 20.5 Å². The molecule has 358 valence electrons. The van der Waals surface area contributed by atoms with Crippen molar-refractivity contribution in [1.82, 2.24) is 0 Å². The largest absolute Gasteiger partial charge is 0.504 e. The molecule has 6 radical (unpaired) electrons. The molecule has 0 bridgehead atoms. The maximum Gasteiger partial charge on any atom is 0.298 e. The van der Waals surface area contributed by atoms with Crippen LogP contribution in [0.1, 0.15) is 11.1 Å². The molecule has 6 rings (SSSR count). The van der Waals surface area contributed by atoms with E-state index in [-0.39, 0.29) is 189 Å². The Bertz CT molecular complexity index is 3600.